The van der Waals surface area contributed by atoms with Crippen LogP contribution in [0.4, 0.5) is 5.69 Å². The van der Waals surface area contributed by atoms with Crippen LogP contribution in [0, 0.1) is 16.0 Å². The minimum Gasteiger partial charge on any atom is -0.258 e. The first kappa shape index (κ1) is 19.3. The molecule has 0 saturated carbocycles. The maximum absolute atomic E-state index is 11.0. The molecule has 1 atom stereocenters. The van der Waals surface area contributed by atoms with E-state index in [0.717, 1.165) is 29.6 Å². The fourth-order valence-electron chi connectivity index (χ4n) is 4.47. The van der Waals surface area contributed by atoms with Crippen molar-refractivity contribution in [2.45, 2.75) is 26.2 Å². The zero-order valence-electron chi connectivity index (χ0n) is 16.1. The number of hydrogen-bond acceptors (Lipinski definition) is 3. The molecule has 0 amide bonds. The van der Waals surface area contributed by atoms with Crippen molar-refractivity contribution in [3.63, 3.8) is 0 Å². The Morgan fingerprint density at radius 2 is 1.76 bits per heavy atom. The van der Waals surface area contributed by atoms with Crippen molar-refractivity contribution in [1.29, 1.82) is 0 Å². The molecule has 4 aromatic rings. The van der Waals surface area contributed by atoms with Gasteiger partial charge in [-0.15, -0.1) is 12.4 Å². The smallest absolute Gasteiger partial charge is 0.258 e. The van der Waals surface area contributed by atoms with Crippen LogP contribution in [-0.4, -0.2) is 9.91 Å². The standard InChI is InChI=1S/C24H20N2O2.ClH/c1-15-6-12-20-21(14-15)24(17-7-10-18(11-8-17)26(27)28)25-22-13-9-16-4-2-3-5-19(16)23(20)22;/h2-5,7-11,13,15H,6,12,14H2,1H3;1H. The Morgan fingerprint density at radius 3 is 2.52 bits per heavy atom. The van der Waals surface area contributed by atoms with E-state index in [1.807, 2.05) is 12.1 Å². The molecule has 0 saturated heterocycles. The number of nitrogens with zero attached hydrogens (tertiary/aromatic N) is 2. The third-order valence-electron chi connectivity index (χ3n) is 5.88. The summed E-state index contributed by atoms with van der Waals surface area (Å²) in [6, 6.07) is 19.5. The molecule has 5 rings (SSSR count). The molecule has 29 heavy (non-hydrogen) atoms. The molecule has 1 aliphatic rings. The van der Waals surface area contributed by atoms with Gasteiger partial charge in [0.05, 0.1) is 16.1 Å². The van der Waals surface area contributed by atoms with Gasteiger partial charge in [0.15, 0.2) is 0 Å². The monoisotopic (exact) mass is 404 g/mol. The molecule has 0 fully saturated rings. The van der Waals surface area contributed by atoms with E-state index >= 15 is 0 Å². The van der Waals surface area contributed by atoms with Crippen molar-refractivity contribution in [1.82, 2.24) is 4.98 Å². The fraction of sp³-hybridized carbons (Fsp3) is 0.208. The highest BCUT2D eigenvalue weighted by atomic mass is 35.5. The van der Waals surface area contributed by atoms with E-state index in [1.54, 1.807) is 12.1 Å². The first-order chi connectivity index (χ1) is 13.6. The van der Waals surface area contributed by atoms with Gasteiger partial charge in [0.1, 0.15) is 0 Å². The van der Waals surface area contributed by atoms with E-state index in [9.17, 15) is 10.1 Å². The zero-order valence-corrected chi connectivity index (χ0v) is 16.9. The third-order valence-corrected chi connectivity index (χ3v) is 5.88. The number of rotatable bonds is 2. The molecule has 0 radical (unpaired) electrons. The summed E-state index contributed by atoms with van der Waals surface area (Å²) in [6.45, 7) is 2.29. The topological polar surface area (TPSA) is 56.0 Å². The van der Waals surface area contributed by atoms with Crippen LogP contribution in [0.25, 0.3) is 32.9 Å². The number of nitro groups is 1. The summed E-state index contributed by atoms with van der Waals surface area (Å²) in [7, 11) is 0. The molecule has 0 bridgehead atoms. The first-order valence-electron chi connectivity index (χ1n) is 9.70. The Hall–Kier alpha value is -2.98. The van der Waals surface area contributed by atoms with Crippen LogP contribution in [0.1, 0.15) is 24.5 Å². The SMILES string of the molecule is CC1CCc2c(c(-c3ccc([N+](=O)[O-])cc3)nc3ccc4ccccc4c23)C1.Cl. The van der Waals surface area contributed by atoms with Crippen LogP contribution >= 0.6 is 12.4 Å². The van der Waals surface area contributed by atoms with Crippen LogP contribution in [0.2, 0.25) is 0 Å². The summed E-state index contributed by atoms with van der Waals surface area (Å²) in [5.74, 6) is 0.610. The van der Waals surface area contributed by atoms with E-state index in [4.69, 9.17) is 4.98 Å². The van der Waals surface area contributed by atoms with E-state index in [1.165, 1.54) is 33.7 Å². The van der Waals surface area contributed by atoms with Gasteiger partial charge in [-0.1, -0.05) is 37.3 Å². The van der Waals surface area contributed by atoms with Crippen molar-refractivity contribution in [2.24, 2.45) is 5.92 Å². The predicted molar refractivity (Wildman–Crippen MR) is 120 cm³/mol. The van der Waals surface area contributed by atoms with Crippen LogP contribution in [-0.2, 0) is 12.8 Å². The molecule has 5 heteroatoms. The van der Waals surface area contributed by atoms with Crippen molar-refractivity contribution >= 4 is 39.8 Å². The van der Waals surface area contributed by atoms with Gasteiger partial charge in [0, 0.05) is 23.1 Å². The number of non-ortho nitro benzene ring substituents is 1. The van der Waals surface area contributed by atoms with Crippen molar-refractivity contribution in [2.75, 3.05) is 0 Å². The number of aryl methyl sites for hydroxylation is 1. The lowest BCUT2D eigenvalue weighted by Crippen LogP contribution is -2.14. The maximum atomic E-state index is 11.0. The summed E-state index contributed by atoms with van der Waals surface area (Å²) < 4.78 is 0. The molecule has 0 N–H and O–H groups in total. The molecule has 0 aliphatic heterocycles. The van der Waals surface area contributed by atoms with Crippen molar-refractivity contribution in [3.8, 4) is 11.3 Å². The number of fused-ring (bicyclic) bond motifs is 5. The predicted octanol–water partition coefficient (Wildman–Crippen LogP) is 6.51. The molecule has 1 aliphatic carbocycles. The van der Waals surface area contributed by atoms with Crippen LogP contribution in [0.5, 0.6) is 0 Å². The van der Waals surface area contributed by atoms with E-state index in [-0.39, 0.29) is 23.0 Å². The summed E-state index contributed by atoms with van der Waals surface area (Å²) in [6.07, 6.45) is 3.21. The molecule has 1 aromatic heterocycles. The van der Waals surface area contributed by atoms with E-state index < -0.39 is 0 Å². The molecule has 3 aromatic carbocycles. The number of benzene rings is 3. The number of halogens is 1. The van der Waals surface area contributed by atoms with Gasteiger partial charge < -0.3 is 0 Å². The molecular weight excluding hydrogens is 384 g/mol. The molecule has 4 nitrogen and oxygen atoms in total. The maximum Gasteiger partial charge on any atom is 0.269 e. The van der Waals surface area contributed by atoms with Crippen molar-refractivity contribution in [3.05, 3.63) is 81.9 Å². The van der Waals surface area contributed by atoms with Crippen LogP contribution < -0.4 is 0 Å². The van der Waals surface area contributed by atoms with Gasteiger partial charge in [0.2, 0.25) is 0 Å². The second-order valence-corrected chi connectivity index (χ2v) is 7.75. The van der Waals surface area contributed by atoms with Crippen molar-refractivity contribution < 1.29 is 4.92 Å². The Kier molecular flexibility index (Phi) is 4.97. The number of pyridine rings is 1. The average Bonchev–Trinajstić information content (AvgIpc) is 2.72. The normalized spacial score (nSPS) is 15.7. The van der Waals surface area contributed by atoms with Gasteiger partial charge in [0.25, 0.3) is 5.69 Å². The second-order valence-electron chi connectivity index (χ2n) is 7.75. The van der Waals surface area contributed by atoms with Gasteiger partial charge in [-0.05, 0) is 65.3 Å². The number of aromatic nitrogens is 1. The van der Waals surface area contributed by atoms with Gasteiger partial charge in [-0.3, -0.25) is 10.1 Å². The first-order valence-corrected chi connectivity index (χ1v) is 9.70. The van der Waals surface area contributed by atoms with Crippen LogP contribution in [0.3, 0.4) is 0 Å². The minimum absolute atomic E-state index is 0. The lowest BCUT2D eigenvalue weighted by atomic mass is 9.80. The van der Waals surface area contributed by atoms with Crippen LogP contribution in [0.15, 0.2) is 60.7 Å². The quantitative estimate of drug-likeness (QED) is 0.217. The molecule has 146 valence electrons. The number of hydrogen-bond donors (Lipinski definition) is 0. The molecule has 1 unspecified atom stereocenters. The van der Waals surface area contributed by atoms with E-state index in [0.29, 0.717) is 5.92 Å². The summed E-state index contributed by atoms with van der Waals surface area (Å²) >= 11 is 0. The largest absolute Gasteiger partial charge is 0.269 e. The second kappa shape index (κ2) is 7.45. The molecular formula is C24H21ClN2O2. The van der Waals surface area contributed by atoms with Gasteiger partial charge in [-0.2, -0.15) is 0 Å². The highest BCUT2D eigenvalue weighted by molar-refractivity contribution is 6.09. The molecule has 1 heterocycles. The summed E-state index contributed by atoms with van der Waals surface area (Å²) in [5.41, 5.74) is 5.73. The molecule has 0 spiro atoms. The van der Waals surface area contributed by atoms with E-state index in [2.05, 4.69) is 43.3 Å². The van der Waals surface area contributed by atoms with Gasteiger partial charge in [-0.25, -0.2) is 4.98 Å². The highest BCUT2D eigenvalue weighted by Gasteiger charge is 2.24. The highest BCUT2D eigenvalue weighted by Crippen LogP contribution is 2.39. The lowest BCUT2D eigenvalue weighted by Gasteiger charge is -2.26. The zero-order chi connectivity index (χ0) is 19.3. The average molecular weight is 405 g/mol. The minimum atomic E-state index is -0.360. The summed E-state index contributed by atoms with van der Waals surface area (Å²) in [4.78, 5) is 15.7. The Bertz CT molecular complexity index is 1240. The Balaban J connectivity index is 0.00000205. The van der Waals surface area contributed by atoms with Gasteiger partial charge >= 0.3 is 0 Å². The number of nitro benzene ring substituents is 1. The fourth-order valence-corrected chi connectivity index (χ4v) is 4.47. The third kappa shape index (κ3) is 3.23. The summed E-state index contributed by atoms with van der Waals surface area (Å²) in [5, 5.41) is 14.8. The lowest BCUT2D eigenvalue weighted by molar-refractivity contribution is -0.384. The Morgan fingerprint density at radius 1 is 1.00 bits per heavy atom. The Labute approximate surface area is 175 Å².